The fraction of sp³-hybridized carbons (Fsp3) is 0.0714. The van der Waals surface area contributed by atoms with Gasteiger partial charge in [-0.2, -0.15) is 5.26 Å². The molecule has 0 radical (unpaired) electrons. The minimum absolute atomic E-state index is 0.00269. The minimum atomic E-state index is -3.61. The van der Waals surface area contributed by atoms with Gasteiger partial charge < -0.3 is 0 Å². The van der Waals surface area contributed by atoms with Crippen LogP contribution in [-0.2, 0) is 15.6 Å². The Morgan fingerprint density at radius 1 is 1.05 bits per heavy atom. The average molecular weight is 275 g/mol. The molecule has 2 aromatic carbocycles. The lowest BCUT2D eigenvalue weighted by atomic mass is 10.1. The van der Waals surface area contributed by atoms with Gasteiger partial charge in [-0.1, -0.05) is 30.3 Å². The number of benzene rings is 2. The molecule has 2 rings (SSSR count). The summed E-state index contributed by atoms with van der Waals surface area (Å²) >= 11 is 0. The molecule has 0 unspecified atom stereocenters. The van der Waals surface area contributed by atoms with Gasteiger partial charge in [-0.05, 0) is 18.2 Å². The maximum Gasteiger partial charge on any atom is 0.182 e. The van der Waals surface area contributed by atoms with Crippen LogP contribution in [0.25, 0.3) is 0 Å². The number of sulfone groups is 1. The maximum atomic E-state index is 13.8. The van der Waals surface area contributed by atoms with Crippen molar-refractivity contribution >= 4 is 9.84 Å². The zero-order valence-corrected chi connectivity index (χ0v) is 10.7. The van der Waals surface area contributed by atoms with Crippen molar-refractivity contribution in [2.75, 3.05) is 0 Å². The van der Waals surface area contributed by atoms with Crippen LogP contribution in [0, 0.1) is 17.1 Å². The molecular weight excluding hydrogens is 265 g/mol. The lowest BCUT2D eigenvalue weighted by Crippen LogP contribution is -2.07. The molecule has 0 aliphatic carbocycles. The molecule has 0 heterocycles. The van der Waals surface area contributed by atoms with Gasteiger partial charge in [0.15, 0.2) is 9.84 Å². The van der Waals surface area contributed by atoms with Crippen molar-refractivity contribution in [2.45, 2.75) is 10.6 Å². The standard InChI is InChI=1S/C14H10FNO2S/c15-14-11(9-16)5-4-6-12(14)10-19(17,18)13-7-2-1-3-8-13/h1-8H,10H2. The van der Waals surface area contributed by atoms with Crippen molar-refractivity contribution in [3.63, 3.8) is 0 Å². The van der Waals surface area contributed by atoms with E-state index in [-0.39, 0.29) is 16.0 Å². The SMILES string of the molecule is N#Cc1cccc(CS(=O)(=O)c2ccccc2)c1F. The first-order chi connectivity index (χ1) is 9.04. The van der Waals surface area contributed by atoms with Crippen LogP contribution >= 0.6 is 0 Å². The van der Waals surface area contributed by atoms with Crippen LogP contribution in [0.2, 0.25) is 0 Å². The van der Waals surface area contributed by atoms with E-state index in [0.29, 0.717) is 0 Å². The monoisotopic (exact) mass is 275 g/mol. The Hall–Kier alpha value is -2.19. The van der Waals surface area contributed by atoms with Gasteiger partial charge in [-0.3, -0.25) is 0 Å². The molecule has 0 spiro atoms. The van der Waals surface area contributed by atoms with E-state index in [1.54, 1.807) is 24.3 Å². The quantitative estimate of drug-likeness (QED) is 0.865. The average Bonchev–Trinajstić information content (AvgIpc) is 2.42. The molecule has 0 atom stereocenters. The minimum Gasteiger partial charge on any atom is -0.223 e. The predicted molar refractivity (Wildman–Crippen MR) is 68.4 cm³/mol. The summed E-state index contributed by atoms with van der Waals surface area (Å²) in [5, 5.41) is 8.72. The summed E-state index contributed by atoms with van der Waals surface area (Å²) in [5.41, 5.74) is -0.149. The van der Waals surface area contributed by atoms with Gasteiger partial charge in [-0.25, -0.2) is 12.8 Å². The lowest BCUT2D eigenvalue weighted by molar-refractivity contribution is 0.586. The van der Waals surface area contributed by atoms with Gasteiger partial charge >= 0.3 is 0 Å². The predicted octanol–water partition coefficient (Wildman–Crippen LogP) is 2.67. The van der Waals surface area contributed by atoms with Crippen LogP contribution in [0.15, 0.2) is 53.4 Å². The van der Waals surface area contributed by atoms with Crippen LogP contribution in [0.3, 0.4) is 0 Å². The van der Waals surface area contributed by atoms with Gasteiger partial charge in [-0.15, -0.1) is 0 Å². The van der Waals surface area contributed by atoms with Gasteiger partial charge in [0.1, 0.15) is 11.9 Å². The summed E-state index contributed by atoms with van der Waals surface area (Å²) < 4.78 is 38.0. The maximum absolute atomic E-state index is 13.8. The van der Waals surface area contributed by atoms with Crippen molar-refractivity contribution in [3.8, 4) is 6.07 Å². The van der Waals surface area contributed by atoms with E-state index in [1.165, 1.54) is 30.3 Å². The molecule has 0 aliphatic heterocycles. The van der Waals surface area contributed by atoms with Crippen LogP contribution in [0.5, 0.6) is 0 Å². The Morgan fingerprint density at radius 2 is 1.74 bits per heavy atom. The van der Waals surface area contributed by atoms with E-state index in [0.717, 1.165) is 0 Å². The molecule has 0 aromatic heterocycles. The Morgan fingerprint density at radius 3 is 2.37 bits per heavy atom. The number of halogens is 1. The van der Waals surface area contributed by atoms with Gasteiger partial charge in [0.25, 0.3) is 0 Å². The molecule has 2 aromatic rings. The Kier molecular flexibility index (Phi) is 3.63. The summed E-state index contributed by atoms with van der Waals surface area (Å²) in [7, 11) is -3.61. The van der Waals surface area contributed by atoms with Crippen LogP contribution in [0.4, 0.5) is 4.39 Å². The van der Waals surface area contributed by atoms with E-state index in [1.807, 2.05) is 0 Å². The summed E-state index contributed by atoms with van der Waals surface area (Å²) in [4.78, 5) is 0.136. The third-order valence-electron chi connectivity index (χ3n) is 2.65. The molecule has 5 heteroatoms. The highest BCUT2D eigenvalue weighted by Gasteiger charge is 2.18. The Labute approximate surface area is 110 Å². The lowest BCUT2D eigenvalue weighted by Gasteiger charge is -2.06. The second-order valence-corrected chi connectivity index (χ2v) is 5.95. The van der Waals surface area contributed by atoms with Crippen molar-refractivity contribution < 1.29 is 12.8 Å². The Balaban J connectivity index is 2.40. The molecule has 0 saturated heterocycles. The van der Waals surface area contributed by atoms with Crippen molar-refractivity contribution in [1.82, 2.24) is 0 Å². The Bertz CT molecular complexity index is 734. The summed E-state index contributed by atoms with van der Waals surface area (Å²) in [6, 6.07) is 13.7. The fourth-order valence-corrected chi connectivity index (χ4v) is 3.06. The largest absolute Gasteiger partial charge is 0.223 e. The van der Waals surface area contributed by atoms with Gasteiger partial charge in [0, 0.05) is 5.56 Å². The highest BCUT2D eigenvalue weighted by atomic mass is 32.2. The zero-order chi connectivity index (χ0) is 13.9. The van der Waals surface area contributed by atoms with Gasteiger partial charge in [0.2, 0.25) is 0 Å². The zero-order valence-electron chi connectivity index (χ0n) is 9.88. The highest BCUT2D eigenvalue weighted by Crippen LogP contribution is 2.19. The molecular formula is C14H10FNO2S. The van der Waals surface area contributed by atoms with Crippen LogP contribution in [0.1, 0.15) is 11.1 Å². The van der Waals surface area contributed by atoms with E-state index in [4.69, 9.17) is 5.26 Å². The van der Waals surface area contributed by atoms with E-state index < -0.39 is 21.4 Å². The molecule has 0 N–H and O–H groups in total. The second-order valence-electron chi connectivity index (χ2n) is 3.96. The number of rotatable bonds is 3. The fourth-order valence-electron chi connectivity index (χ4n) is 1.69. The smallest absolute Gasteiger partial charge is 0.182 e. The van der Waals surface area contributed by atoms with E-state index in [9.17, 15) is 12.8 Å². The summed E-state index contributed by atoms with van der Waals surface area (Å²) in [6.45, 7) is 0. The number of nitrogens with zero attached hydrogens (tertiary/aromatic N) is 1. The van der Waals surface area contributed by atoms with Crippen molar-refractivity contribution in [2.24, 2.45) is 0 Å². The first-order valence-electron chi connectivity index (χ1n) is 5.50. The molecule has 3 nitrogen and oxygen atoms in total. The molecule has 0 bridgehead atoms. The van der Waals surface area contributed by atoms with Crippen LogP contribution in [-0.4, -0.2) is 8.42 Å². The third-order valence-corrected chi connectivity index (χ3v) is 4.33. The molecule has 0 fully saturated rings. The summed E-state index contributed by atoms with van der Waals surface area (Å²) in [6.07, 6.45) is 0. The number of hydrogen-bond acceptors (Lipinski definition) is 3. The highest BCUT2D eigenvalue weighted by molar-refractivity contribution is 7.90. The van der Waals surface area contributed by atoms with Crippen LogP contribution < -0.4 is 0 Å². The second kappa shape index (κ2) is 5.21. The molecule has 0 amide bonds. The van der Waals surface area contributed by atoms with Gasteiger partial charge in [0.05, 0.1) is 16.2 Å². The number of hydrogen-bond donors (Lipinski definition) is 0. The van der Waals surface area contributed by atoms with E-state index >= 15 is 0 Å². The first kappa shape index (κ1) is 13.2. The molecule has 19 heavy (non-hydrogen) atoms. The third kappa shape index (κ3) is 2.80. The van der Waals surface area contributed by atoms with E-state index in [2.05, 4.69) is 0 Å². The first-order valence-corrected chi connectivity index (χ1v) is 7.15. The van der Waals surface area contributed by atoms with Crippen molar-refractivity contribution in [1.29, 1.82) is 5.26 Å². The molecule has 0 aliphatic rings. The van der Waals surface area contributed by atoms with Crippen molar-refractivity contribution in [3.05, 3.63) is 65.5 Å². The molecule has 0 saturated carbocycles. The normalized spacial score (nSPS) is 10.9. The molecule has 96 valence electrons. The number of nitriles is 1. The summed E-state index contributed by atoms with van der Waals surface area (Å²) in [5.74, 6) is -1.23. The topological polar surface area (TPSA) is 57.9 Å².